The van der Waals surface area contributed by atoms with Gasteiger partial charge in [0.25, 0.3) is 5.56 Å². The molecule has 0 aliphatic carbocycles. The molecule has 2 aromatic heterocycles. The van der Waals surface area contributed by atoms with Crippen molar-refractivity contribution in [1.82, 2.24) is 14.6 Å². The van der Waals surface area contributed by atoms with E-state index in [1.54, 1.807) is 0 Å². The van der Waals surface area contributed by atoms with E-state index in [0.29, 0.717) is 22.2 Å². The number of aromatic nitrogens is 3. The van der Waals surface area contributed by atoms with E-state index >= 15 is 0 Å². The Bertz CT molecular complexity index is 981. The molecule has 1 N–H and O–H groups in total. The third-order valence-corrected chi connectivity index (χ3v) is 5.82. The molecule has 8 heteroatoms. The average Bonchev–Trinajstić information content (AvgIpc) is 3.06. The zero-order valence-electron chi connectivity index (χ0n) is 14.7. The number of hydrogen-bond donors (Lipinski definition) is 1. The molecule has 3 rings (SSSR count). The van der Waals surface area contributed by atoms with Crippen LogP contribution in [0.25, 0.3) is 4.96 Å². The third kappa shape index (κ3) is 4.31. The first-order chi connectivity index (χ1) is 12.6. The van der Waals surface area contributed by atoms with Gasteiger partial charge in [-0.25, -0.2) is 4.98 Å². The quantitative estimate of drug-likeness (QED) is 0.673. The lowest BCUT2D eigenvalue weighted by atomic mass is 10.1. The number of benzene rings is 1. The SMILES string of the molecule is CCc1nn2c(=O)cc(CSCC(=O)Nc3ccccc3CC)nc2s1. The van der Waals surface area contributed by atoms with Gasteiger partial charge in [0.2, 0.25) is 10.9 Å². The van der Waals surface area contributed by atoms with Crippen LogP contribution < -0.4 is 10.9 Å². The Kier molecular flexibility index (Phi) is 6.05. The number of fused-ring (bicyclic) bond motifs is 1. The zero-order chi connectivity index (χ0) is 18.5. The molecular formula is C18H20N4O2S2. The van der Waals surface area contributed by atoms with Crippen molar-refractivity contribution in [2.45, 2.75) is 32.4 Å². The minimum atomic E-state index is -0.178. The van der Waals surface area contributed by atoms with Crippen molar-refractivity contribution in [3.05, 3.63) is 57.0 Å². The molecule has 136 valence electrons. The maximum atomic E-state index is 12.2. The fraction of sp³-hybridized carbons (Fsp3) is 0.333. The molecule has 0 aliphatic rings. The summed E-state index contributed by atoms with van der Waals surface area (Å²) >= 11 is 2.86. The smallest absolute Gasteiger partial charge is 0.275 e. The molecule has 0 fully saturated rings. The number of carbonyl (C=O) groups is 1. The molecule has 0 bridgehead atoms. The molecule has 3 aromatic rings. The monoisotopic (exact) mass is 388 g/mol. The fourth-order valence-corrected chi connectivity index (χ4v) is 4.07. The molecular weight excluding hydrogens is 368 g/mol. The van der Waals surface area contributed by atoms with E-state index in [0.717, 1.165) is 29.1 Å². The summed E-state index contributed by atoms with van der Waals surface area (Å²) < 4.78 is 1.34. The maximum absolute atomic E-state index is 12.2. The van der Waals surface area contributed by atoms with Crippen molar-refractivity contribution < 1.29 is 4.79 Å². The Labute approximate surface area is 159 Å². The number of amides is 1. The second-order valence-electron chi connectivity index (χ2n) is 5.68. The van der Waals surface area contributed by atoms with E-state index in [9.17, 15) is 9.59 Å². The van der Waals surface area contributed by atoms with E-state index in [4.69, 9.17) is 0 Å². The number of nitrogens with zero attached hydrogens (tertiary/aromatic N) is 3. The van der Waals surface area contributed by atoms with Gasteiger partial charge in [-0.1, -0.05) is 43.4 Å². The van der Waals surface area contributed by atoms with Crippen molar-refractivity contribution in [3.63, 3.8) is 0 Å². The summed E-state index contributed by atoms with van der Waals surface area (Å²) in [6, 6.07) is 9.28. The van der Waals surface area contributed by atoms with Gasteiger partial charge in [0.05, 0.1) is 11.4 Å². The second-order valence-corrected chi connectivity index (χ2v) is 7.71. The minimum Gasteiger partial charge on any atom is -0.325 e. The summed E-state index contributed by atoms with van der Waals surface area (Å²) in [5, 5.41) is 8.06. The van der Waals surface area contributed by atoms with Gasteiger partial charge in [0, 0.05) is 17.5 Å². The topological polar surface area (TPSA) is 76.4 Å². The van der Waals surface area contributed by atoms with Crippen molar-refractivity contribution in [2.75, 3.05) is 11.1 Å². The maximum Gasteiger partial charge on any atom is 0.275 e. The van der Waals surface area contributed by atoms with Crippen LogP contribution >= 0.6 is 23.1 Å². The molecule has 1 amide bonds. The predicted molar refractivity (Wildman–Crippen MR) is 107 cm³/mol. The van der Waals surface area contributed by atoms with E-state index in [1.165, 1.54) is 33.7 Å². The first-order valence-electron chi connectivity index (χ1n) is 8.45. The summed E-state index contributed by atoms with van der Waals surface area (Å²) in [6.07, 6.45) is 1.64. The normalized spacial score (nSPS) is 11.0. The van der Waals surface area contributed by atoms with Crippen LogP contribution in [0.5, 0.6) is 0 Å². The van der Waals surface area contributed by atoms with Crippen molar-refractivity contribution in [1.29, 1.82) is 0 Å². The molecule has 0 saturated carbocycles. The number of anilines is 1. The summed E-state index contributed by atoms with van der Waals surface area (Å²) in [5.41, 5.74) is 2.47. The summed E-state index contributed by atoms with van der Waals surface area (Å²) in [6.45, 7) is 4.05. The van der Waals surface area contributed by atoms with Crippen LogP contribution in [-0.4, -0.2) is 26.3 Å². The average molecular weight is 389 g/mol. The van der Waals surface area contributed by atoms with Gasteiger partial charge in [-0.2, -0.15) is 9.61 Å². The zero-order valence-corrected chi connectivity index (χ0v) is 16.3. The summed E-state index contributed by atoms with van der Waals surface area (Å²) in [5.74, 6) is 0.760. The van der Waals surface area contributed by atoms with E-state index in [1.807, 2.05) is 31.2 Å². The highest BCUT2D eigenvalue weighted by Crippen LogP contribution is 2.17. The second kappa shape index (κ2) is 8.46. The first-order valence-corrected chi connectivity index (χ1v) is 10.4. The van der Waals surface area contributed by atoms with Crippen LogP contribution in [0.3, 0.4) is 0 Å². The Morgan fingerprint density at radius 3 is 2.85 bits per heavy atom. The molecule has 0 unspecified atom stereocenters. The molecule has 2 heterocycles. The fourth-order valence-electron chi connectivity index (χ4n) is 2.50. The molecule has 0 aliphatic heterocycles. The number of nitrogens with one attached hydrogen (secondary N) is 1. The number of carbonyl (C=O) groups excluding carboxylic acids is 1. The summed E-state index contributed by atoms with van der Waals surface area (Å²) in [7, 11) is 0. The van der Waals surface area contributed by atoms with Crippen LogP contribution in [0.1, 0.15) is 30.1 Å². The lowest BCUT2D eigenvalue weighted by Gasteiger charge is -2.09. The highest BCUT2D eigenvalue weighted by atomic mass is 32.2. The van der Waals surface area contributed by atoms with Crippen LogP contribution in [-0.2, 0) is 23.4 Å². The standard InChI is InChI=1S/C18H20N4O2S2/c1-3-12-7-5-6-8-14(12)20-15(23)11-25-10-13-9-17(24)22-18(19-13)26-16(4-2)21-22/h5-9H,3-4,10-11H2,1-2H3,(H,20,23). The Balaban J connectivity index is 1.60. The molecule has 0 radical (unpaired) electrons. The molecule has 0 spiro atoms. The number of aryl methyl sites for hydroxylation is 2. The molecule has 26 heavy (non-hydrogen) atoms. The van der Waals surface area contributed by atoms with Gasteiger partial charge < -0.3 is 5.32 Å². The van der Waals surface area contributed by atoms with Crippen LogP contribution in [0.15, 0.2) is 35.1 Å². The van der Waals surface area contributed by atoms with Gasteiger partial charge in [0.15, 0.2) is 0 Å². The highest BCUT2D eigenvalue weighted by Gasteiger charge is 2.10. The van der Waals surface area contributed by atoms with Gasteiger partial charge >= 0.3 is 0 Å². The van der Waals surface area contributed by atoms with E-state index in [2.05, 4.69) is 22.3 Å². The summed E-state index contributed by atoms with van der Waals surface area (Å²) in [4.78, 5) is 29.4. The van der Waals surface area contributed by atoms with Crippen molar-refractivity contribution in [2.24, 2.45) is 0 Å². The first kappa shape index (κ1) is 18.6. The van der Waals surface area contributed by atoms with Gasteiger partial charge in [-0.15, -0.1) is 11.8 Å². The Morgan fingerprint density at radius 2 is 2.08 bits per heavy atom. The predicted octanol–water partition coefficient (Wildman–Crippen LogP) is 3.15. The Morgan fingerprint density at radius 1 is 1.27 bits per heavy atom. The number of para-hydroxylation sites is 1. The van der Waals surface area contributed by atoms with Crippen molar-refractivity contribution >= 4 is 39.7 Å². The highest BCUT2D eigenvalue weighted by molar-refractivity contribution is 7.99. The van der Waals surface area contributed by atoms with Crippen LogP contribution in [0.4, 0.5) is 5.69 Å². The van der Waals surface area contributed by atoms with Gasteiger partial charge in [-0.3, -0.25) is 9.59 Å². The largest absolute Gasteiger partial charge is 0.325 e. The lowest BCUT2D eigenvalue weighted by molar-refractivity contribution is -0.113. The Hall–Kier alpha value is -2.19. The molecule has 1 aromatic carbocycles. The van der Waals surface area contributed by atoms with Crippen LogP contribution in [0.2, 0.25) is 0 Å². The van der Waals surface area contributed by atoms with Gasteiger partial charge in [-0.05, 0) is 24.5 Å². The molecule has 6 nitrogen and oxygen atoms in total. The van der Waals surface area contributed by atoms with E-state index in [-0.39, 0.29) is 11.5 Å². The molecule has 0 atom stereocenters. The van der Waals surface area contributed by atoms with E-state index < -0.39 is 0 Å². The number of thioether (sulfide) groups is 1. The number of rotatable bonds is 7. The van der Waals surface area contributed by atoms with Crippen LogP contribution in [0, 0.1) is 0 Å². The lowest BCUT2D eigenvalue weighted by Crippen LogP contribution is -2.17. The molecule has 0 saturated heterocycles. The van der Waals surface area contributed by atoms with Gasteiger partial charge in [0.1, 0.15) is 5.01 Å². The van der Waals surface area contributed by atoms with Crippen molar-refractivity contribution in [3.8, 4) is 0 Å². The minimum absolute atomic E-state index is 0.0558. The third-order valence-electron chi connectivity index (χ3n) is 3.80. The number of hydrogen-bond acceptors (Lipinski definition) is 6.